The quantitative estimate of drug-likeness (QED) is 0.359. The summed E-state index contributed by atoms with van der Waals surface area (Å²) in [4.78, 5) is 44.7. The molecule has 1 aromatic heterocycles. The fourth-order valence-electron chi connectivity index (χ4n) is 6.06. The molecular weight excluding hydrogens is 490 g/mol. The van der Waals surface area contributed by atoms with Crippen molar-refractivity contribution in [3.05, 3.63) is 53.2 Å². The van der Waals surface area contributed by atoms with E-state index in [1.165, 1.54) is 12.8 Å². The number of amides is 2. The van der Waals surface area contributed by atoms with Gasteiger partial charge in [-0.2, -0.15) is 0 Å². The lowest BCUT2D eigenvalue weighted by molar-refractivity contribution is 0.0934. The number of hydrogen-bond donors (Lipinski definition) is 3. The third-order valence-corrected chi connectivity index (χ3v) is 8.51. The summed E-state index contributed by atoms with van der Waals surface area (Å²) in [7, 11) is 0. The molecule has 2 aliphatic carbocycles. The van der Waals surface area contributed by atoms with Gasteiger partial charge >= 0.3 is 0 Å². The summed E-state index contributed by atoms with van der Waals surface area (Å²) in [5, 5.41) is 6.57. The fourth-order valence-corrected chi connectivity index (χ4v) is 6.06. The van der Waals surface area contributed by atoms with Crippen LogP contribution in [0.1, 0.15) is 96.3 Å². The van der Waals surface area contributed by atoms with Crippen molar-refractivity contribution in [1.29, 1.82) is 0 Å². The maximum Gasteiger partial charge on any atom is 0.251 e. The molecule has 3 aliphatic rings. The number of nitrogens with two attached hydrogens (primary N) is 1. The Morgan fingerprint density at radius 2 is 1.87 bits per heavy atom. The zero-order valence-electron chi connectivity index (χ0n) is 23.1. The van der Waals surface area contributed by atoms with Gasteiger partial charge in [0, 0.05) is 54.6 Å². The molecule has 0 bridgehead atoms. The van der Waals surface area contributed by atoms with Gasteiger partial charge < -0.3 is 21.3 Å². The van der Waals surface area contributed by atoms with E-state index in [2.05, 4.69) is 34.4 Å². The first-order valence-electron chi connectivity index (χ1n) is 14.5. The predicted octanol–water partition coefficient (Wildman–Crippen LogP) is 4.80. The summed E-state index contributed by atoms with van der Waals surface area (Å²) >= 11 is 0. The molecular formula is C31H41N5O3. The van der Waals surface area contributed by atoms with E-state index in [4.69, 9.17) is 5.73 Å². The Morgan fingerprint density at radius 1 is 1.08 bits per heavy atom. The molecule has 1 saturated heterocycles. The topological polar surface area (TPSA) is 117 Å². The predicted molar refractivity (Wildman–Crippen MR) is 153 cm³/mol. The van der Waals surface area contributed by atoms with E-state index in [-0.39, 0.29) is 17.7 Å². The first kappa shape index (κ1) is 27.2. The van der Waals surface area contributed by atoms with Crippen LogP contribution in [0.15, 0.2) is 36.5 Å². The normalized spacial score (nSPS) is 22.4. The van der Waals surface area contributed by atoms with Crippen LogP contribution in [0.2, 0.25) is 0 Å². The van der Waals surface area contributed by atoms with Crippen molar-refractivity contribution in [3.63, 3.8) is 0 Å². The Kier molecular flexibility index (Phi) is 8.19. The van der Waals surface area contributed by atoms with Crippen LogP contribution < -0.4 is 21.3 Å². The highest BCUT2D eigenvalue weighted by molar-refractivity contribution is 6.02. The second kappa shape index (κ2) is 11.8. The first-order chi connectivity index (χ1) is 18.8. The van der Waals surface area contributed by atoms with Crippen molar-refractivity contribution in [2.45, 2.75) is 77.3 Å². The number of aromatic nitrogens is 1. The molecule has 2 amide bonds. The molecule has 5 rings (SSSR count). The molecule has 4 N–H and O–H groups in total. The van der Waals surface area contributed by atoms with E-state index >= 15 is 0 Å². The SMILES string of the molecule is CC(C)CCC(=O)c1ccc(N2CCCC3CC(NC(=O)c4ccc(C(N)=O)c(NCC5CC5)c4)CC32)nc1. The van der Waals surface area contributed by atoms with Crippen LogP contribution >= 0.6 is 0 Å². The molecule has 3 unspecified atom stereocenters. The molecule has 2 saturated carbocycles. The van der Waals surface area contributed by atoms with Gasteiger partial charge in [-0.05, 0) is 93.0 Å². The van der Waals surface area contributed by atoms with E-state index < -0.39 is 5.91 Å². The van der Waals surface area contributed by atoms with Gasteiger partial charge in [0.1, 0.15) is 5.82 Å². The largest absolute Gasteiger partial charge is 0.384 e. The number of fused-ring (bicyclic) bond motifs is 1. The lowest BCUT2D eigenvalue weighted by Gasteiger charge is -2.38. The summed E-state index contributed by atoms with van der Waals surface area (Å²) < 4.78 is 0. The van der Waals surface area contributed by atoms with Crippen LogP contribution in [0.4, 0.5) is 11.5 Å². The summed E-state index contributed by atoms with van der Waals surface area (Å²) in [6, 6.07) is 9.35. The number of hydrogen-bond acceptors (Lipinski definition) is 6. The molecule has 0 spiro atoms. The lowest BCUT2D eigenvalue weighted by Crippen LogP contribution is -2.43. The highest BCUT2D eigenvalue weighted by Crippen LogP contribution is 2.39. The zero-order valence-corrected chi connectivity index (χ0v) is 23.1. The number of carbonyl (C=O) groups is 3. The maximum absolute atomic E-state index is 13.2. The Bertz CT molecular complexity index is 1210. The van der Waals surface area contributed by atoms with Gasteiger partial charge in [0.25, 0.3) is 11.8 Å². The van der Waals surface area contributed by atoms with Gasteiger partial charge in [0.05, 0.1) is 5.56 Å². The molecule has 3 atom stereocenters. The molecule has 1 aromatic carbocycles. The molecule has 0 radical (unpaired) electrons. The third-order valence-electron chi connectivity index (χ3n) is 8.51. The number of primary amides is 1. The summed E-state index contributed by atoms with van der Waals surface area (Å²) in [5.74, 6) is 2.06. The Balaban J connectivity index is 1.22. The second-order valence-corrected chi connectivity index (χ2v) is 12.0. The number of nitrogens with zero attached hydrogens (tertiary/aromatic N) is 2. The number of carbonyl (C=O) groups excluding carboxylic acids is 3. The van der Waals surface area contributed by atoms with Crippen molar-refractivity contribution in [1.82, 2.24) is 10.3 Å². The molecule has 3 fully saturated rings. The van der Waals surface area contributed by atoms with Crippen molar-refractivity contribution in [2.75, 3.05) is 23.3 Å². The summed E-state index contributed by atoms with van der Waals surface area (Å²) in [6.45, 7) is 5.97. The molecule has 8 nitrogen and oxygen atoms in total. The summed E-state index contributed by atoms with van der Waals surface area (Å²) in [5.41, 5.74) is 7.82. The minimum Gasteiger partial charge on any atom is -0.384 e. The van der Waals surface area contributed by atoms with Gasteiger partial charge in [0.15, 0.2) is 5.78 Å². The minimum absolute atomic E-state index is 0.0728. The van der Waals surface area contributed by atoms with Gasteiger partial charge in [-0.3, -0.25) is 14.4 Å². The molecule has 39 heavy (non-hydrogen) atoms. The first-order valence-corrected chi connectivity index (χ1v) is 14.5. The number of rotatable bonds is 11. The number of ketones is 1. The number of Topliss-reactive ketones (excluding diaryl/α,β-unsaturated/α-hetero) is 1. The van der Waals surface area contributed by atoms with Crippen LogP contribution in [-0.2, 0) is 0 Å². The number of piperidine rings is 1. The summed E-state index contributed by atoms with van der Waals surface area (Å²) in [6.07, 6.45) is 9.57. The Hall–Kier alpha value is -3.42. The van der Waals surface area contributed by atoms with Crippen molar-refractivity contribution >= 4 is 29.1 Å². The maximum atomic E-state index is 13.2. The lowest BCUT2D eigenvalue weighted by atomic mass is 9.92. The Morgan fingerprint density at radius 3 is 2.56 bits per heavy atom. The van der Waals surface area contributed by atoms with Crippen molar-refractivity contribution in [2.24, 2.45) is 23.5 Å². The van der Waals surface area contributed by atoms with E-state index in [0.717, 1.165) is 51.0 Å². The van der Waals surface area contributed by atoms with Gasteiger partial charge in [0.2, 0.25) is 0 Å². The monoisotopic (exact) mass is 531 g/mol. The smallest absolute Gasteiger partial charge is 0.251 e. The molecule has 2 heterocycles. The van der Waals surface area contributed by atoms with Gasteiger partial charge in [-0.1, -0.05) is 13.8 Å². The molecule has 8 heteroatoms. The number of anilines is 2. The molecule has 208 valence electrons. The fraction of sp³-hybridized carbons (Fsp3) is 0.548. The second-order valence-electron chi connectivity index (χ2n) is 12.0. The van der Waals surface area contributed by atoms with Crippen LogP contribution in [0.3, 0.4) is 0 Å². The van der Waals surface area contributed by atoms with E-state index in [1.807, 2.05) is 12.1 Å². The minimum atomic E-state index is -0.498. The number of pyridine rings is 1. The van der Waals surface area contributed by atoms with Crippen LogP contribution in [0.5, 0.6) is 0 Å². The third kappa shape index (κ3) is 6.60. The standard InChI is InChI=1S/C31H41N5O3/c1-19(2)5-11-28(37)23-9-12-29(34-18-23)36-13-3-4-21-14-24(16-27(21)36)35-31(39)22-8-10-25(30(32)38)26(15-22)33-17-20-6-7-20/h8-10,12,15,18-21,24,27,33H,3-7,11,13-14,16-17H2,1-2H3,(H2,32,38)(H,35,39). The average molecular weight is 532 g/mol. The van der Waals surface area contributed by atoms with Crippen molar-refractivity contribution < 1.29 is 14.4 Å². The number of nitrogens with one attached hydrogen (secondary N) is 2. The van der Waals surface area contributed by atoms with E-state index in [1.54, 1.807) is 24.4 Å². The number of benzene rings is 1. The van der Waals surface area contributed by atoms with E-state index in [0.29, 0.717) is 52.6 Å². The zero-order chi connectivity index (χ0) is 27.5. The molecule has 2 aromatic rings. The van der Waals surface area contributed by atoms with Crippen LogP contribution in [0.25, 0.3) is 0 Å². The highest BCUT2D eigenvalue weighted by atomic mass is 16.2. The average Bonchev–Trinajstić information content (AvgIpc) is 3.67. The van der Waals surface area contributed by atoms with E-state index in [9.17, 15) is 14.4 Å². The highest BCUT2D eigenvalue weighted by Gasteiger charge is 2.41. The van der Waals surface area contributed by atoms with Gasteiger partial charge in [-0.15, -0.1) is 0 Å². The van der Waals surface area contributed by atoms with Crippen LogP contribution in [0, 0.1) is 17.8 Å². The Labute approximate surface area is 231 Å². The van der Waals surface area contributed by atoms with Crippen molar-refractivity contribution in [3.8, 4) is 0 Å². The van der Waals surface area contributed by atoms with Crippen LogP contribution in [-0.4, -0.2) is 47.8 Å². The molecule has 1 aliphatic heterocycles. The van der Waals surface area contributed by atoms with Gasteiger partial charge in [-0.25, -0.2) is 4.98 Å².